The van der Waals surface area contributed by atoms with Crippen molar-refractivity contribution in [3.8, 4) is 0 Å². The van der Waals surface area contributed by atoms with Crippen LogP contribution in [-0.4, -0.2) is 36.6 Å². The molecule has 2 amide bonds. The number of nitrogens with one attached hydrogen (secondary N) is 1. The standard InChI is InChI=1S/C18H18N2O3/c21-17(15-9-5-2-6-10-15)23-12-11-20-13-16(19-18(20)22)14-7-3-1-4-8-14/h1-10,16H,11-13H2,(H,19,22). The quantitative estimate of drug-likeness (QED) is 0.864. The Morgan fingerprint density at radius 3 is 2.43 bits per heavy atom. The minimum Gasteiger partial charge on any atom is -0.460 e. The Morgan fingerprint density at radius 1 is 1.09 bits per heavy atom. The van der Waals surface area contributed by atoms with E-state index in [1.807, 2.05) is 36.4 Å². The fraction of sp³-hybridized carbons (Fsp3) is 0.222. The number of rotatable bonds is 5. The highest BCUT2D eigenvalue weighted by atomic mass is 16.5. The largest absolute Gasteiger partial charge is 0.460 e. The Labute approximate surface area is 134 Å². The van der Waals surface area contributed by atoms with Crippen LogP contribution >= 0.6 is 0 Å². The summed E-state index contributed by atoms with van der Waals surface area (Å²) in [5, 5.41) is 2.94. The van der Waals surface area contributed by atoms with Gasteiger partial charge in [0.1, 0.15) is 6.61 Å². The fourth-order valence-corrected chi connectivity index (χ4v) is 2.56. The van der Waals surface area contributed by atoms with Crippen LogP contribution in [0.25, 0.3) is 0 Å². The van der Waals surface area contributed by atoms with Crippen LogP contribution in [-0.2, 0) is 4.74 Å². The summed E-state index contributed by atoms with van der Waals surface area (Å²) in [5.74, 6) is -0.371. The zero-order valence-corrected chi connectivity index (χ0v) is 12.6. The van der Waals surface area contributed by atoms with Gasteiger partial charge in [-0.3, -0.25) is 0 Å². The molecule has 1 unspecified atom stereocenters. The van der Waals surface area contributed by atoms with Crippen molar-refractivity contribution in [2.45, 2.75) is 6.04 Å². The summed E-state index contributed by atoms with van der Waals surface area (Å²) in [6, 6.07) is 18.5. The molecule has 23 heavy (non-hydrogen) atoms. The number of esters is 1. The van der Waals surface area contributed by atoms with Crippen LogP contribution in [0.4, 0.5) is 4.79 Å². The summed E-state index contributed by atoms with van der Waals surface area (Å²) in [6.07, 6.45) is 0. The van der Waals surface area contributed by atoms with Crippen LogP contribution in [0, 0.1) is 0 Å². The van der Waals surface area contributed by atoms with Crippen molar-refractivity contribution in [2.75, 3.05) is 19.7 Å². The van der Waals surface area contributed by atoms with Crippen molar-refractivity contribution in [3.05, 3.63) is 71.8 Å². The number of nitrogens with zero attached hydrogens (tertiary/aromatic N) is 1. The highest BCUT2D eigenvalue weighted by molar-refractivity contribution is 5.89. The van der Waals surface area contributed by atoms with Crippen LogP contribution in [0.3, 0.4) is 0 Å². The summed E-state index contributed by atoms with van der Waals surface area (Å²) >= 11 is 0. The van der Waals surface area contributed by atoms with Gasteiger partial charge in [0.15, 0.2) is 0 Å². The summed E-state index contributed by atoms with van der Waals surface area (Å²) in [4.78, 5) is 25.5. The van der Waals surface area contributed by atoms with Crippen LogP contribution in [0.15, 0.2) is 60.7 Å². The second kappa shape index (κ2) is 6.96. The monoisotopic (exact) mass is 310 g/mol. The van der Waals surface area contributed by atoms with E-state index in [2.05, 4.69) is 5.32 Å². The Balaban J connectivity index is 1.49. The van der Waals surface area contributed by atoms with Crippen LogP contribution in [0.1, 0.15) is 22.0 Å². The van der Waals surface area contributed by atoms with E-state index in [1.54, 1.807) is 29.2 Å². The van der Waals surface area contributed by atoms with Crippen LogP contribution in [0.2, 0.25) is 0 Å². The van der Waals surface area contributed by atoms with Gasteiger partial charge in [-0.05, 0) is 17.7 Å². The number of amides is 2. The molecule has 5 nitrogen and oxygen atoms in total. The third-order valence-corrected chi connectivity index (χ3v) is 3.79. The van der Waals surface area contributed by atoms with E-state index in [0.29, 0.717) is 18.7 Å². The maximum atomic E-state index is 12.0. The molecule has 2 aromatic rings. The molecule has 0 saturated carbocycles. The highest BCUT2D eigenvalue weighted by Gasteiger charge is 2.29. The Morgan fingerprint density at radius 2 is 1.74 bits per heavy atom. The molecule has 118 valence electrons. The van der Waals surface area contributed by atoms with Gasteiger partial charge in [0, 0.05) is 6.54 Å². The molecule has 1 N–H and O–H groups in total. The van der Waals surface area contributed by atoms with Crippen molar-refractivity contribution in [3.63, 3.8) is 0 Å². The molecule has 0 spiro atoms. The maximum Gasteiger partial charge on any atom is 0.338 e. The van der Waals surface area contributed by atoms with Gasteiger partial charge in [-0.2, -0.15) is 0 Å². The Kier molecular flexibility index (Phi) is 4.57. The number of carbonyl (C=O) groups is 2. The molecule has 1 saturated heterocycles. The topological polar surface area (TPSA) is 58.6 Å². The Hall–Kier alpha value is -2.82. The second-order valence-corrected chi connectivity index (χ2v) is 5.36. The first-order valence-electron chi connectivity index (χ1n) is 7.56. The number of benzene rings is 2. The molecule has 1 fully saturated rings. The molecule has 1 aliphatic heterocycles. The first-order chi connectivity index (χ1) is 11.2. The summed E-state index contributed by atoms with van der Waals surface area (Å²) in [6.45, 7) is 1.14. The lowest BCUT2D eigenvalue weighted by Crippen LogP contribution is -2.31. The maximum absolute atomic E-state index is 12.0. The lowest BCUT2D eigenvalue weighted by Gasteiger charge is -2.14. The number of hydrogen-bond donors (Lipinski definition) is 1. The lowest BCUT2D eigenvalue weighted by atomic mass is 10.1. The average molecular weight is 310 g/mol. The molecule has 0 aliphatic carbocycles. The molecule has 2 aromatic carbocycles. The Bertz CT molecular complexity index is 673. The van der Waals surface area contributed by atoms with E-state index in [1.165, 1.54) is 0 Å². The highest BCUT2D eigenvalue weighted by Crippen LogP contribution is 2.19. The number of ether oxygens (including phenoxy) is 1. The molecule has 3 rings (SSSR count). The van der Waals surface area contributed by atoms with Gasteiger partial charge >= 0.3 is 12.0 Å². The smallest absolute Gasteiger partial charge is 0.338 e. The van der Waals surface area contributed by atoms with E-state index in [9.17, 15) is 9.59 Å². The summed E-state index contributed by atoms with van der Waals surface area (Å²) in [7, 11) is 0. The van der Waals surface area contributed by atoms with Gasteiger partial charge in [-0.1, -0.05) is 48.5 Å². The van der Waals surface area contributed by atoms with Gasteiger partial charge in [-0.15, -0.1) is 0 Å². The zero-order chi connectivity index (χ0) is 16.1. The normalized spacial score (nSPS) is 17.0. The predicted octanol–water partition coefficient (Wildman–Crippen LogP) is 2.61. The molecule has 5 heteroatoms. The molecule has 0 bridgehead atoms. The SMILES string of the molecule is O=C(OCCN1CC(c2ccccc2)NC1=O)c1ccccc1. The molecular weight excluding hydrogens is 292 g/mol. The van der Waals surface area contributed by atoms with Gasteiger partial charge in [0.2, 0.25) is 0 Å². The van der Waals surface area contributed by atoms with Gasteiger partial charge in [-0.25, -0.2) is 9.59 Å². The minimum absolute atomic E-state index is 0.0199. The summed E-state index contributed by atoms with van der Waals surface area (Å²) in [5.41, 5.74) is 1.59. The van der Waals surface area contributed by atoms with E-state index in [0.717, 1.165) is 5.56 Å². The number of carbonyl (C=O) groups excluding carboxylic acids is 2. The number of urea groups is 1. The lowest BCUT2D eigenvalue weighted by molar-refractivity contribution is 0.0480. The minimum atomic E-state index is -0.371. The van der Waals surface area contributed by atoms with E-state index in [4.69, 9.17) is 4.74 Å². The van der Waals surface area contributed by atoms with E-state index >= 15 is 0 Å². The van der Waals surface area contributed by atoms with Crippen LogP contribution < -0.4 is 5.32 Å². The van der Waals surface area contributed by atoms with Crippen molar-refractivity contribution >= 4 is 12.0 Å². The molecule has 1 atom stereocenters. The molecule has 1 heterocycles. The third-order valence-electron chi connectivity index (χ3n) is 3.79. The predicted molar refractivity (Wildman–Crippen MR) is 86.0 cm³/mol. The van der Waals surface area contributed by atoms with Gasteiger partial charge < -0.3 is 15.0 Å². The van der Waals surface area contributed by atoms with Crippen molar-refractivity contribution in [1.29, 1.82) is 0 Å². The number of hydrogen-bond acceptors (Lipinski definition) is 3. The second-order valence-electron chi connectivity index (χ2n) is 5.36. The third kappa shape index (κ3) is 3.69. The van der Waals surface area contributed by atoms with Crippen molar-refractivity contribution in [2.24, 2.45) is 0 Å². The van der Waals surface area contributed by atoms with Crippen molar-refractivity contribution in [1.82, 2.24) is 10.2 Å². The summed E-state index contributed by atoms with van der Waals surface area (Å²) < 4.78 is 5.22. The van der Waals surface area contributed by atoms with Crippen LogP contribution in [0.5, 0.6) is 0 Å². The zero-order valence-electron chi connectivity index (χ0n) is 12.6. The van der Waals surface area contributed by atoms with Crippen molar-refractivity contribution < 1.29 is 14.3 Å². The fourth-order valence-electron chi connectivity index (χ4n) is 2.56. The van der Waals surface area contributed by atoms with Gasteiger partial charge in [0.05, 0.1) is 18.2 Å². The average Bonchev–Trinajstić information content (AvgIpc) is 2.97. The molecular formula is C18H18N2O3. The molecule has 1 aliphatic rings. The molecule has 0 radical (unpaired) electrons. The van der Waals surface area contributed by atoms with E-state index in [-0.39, 0.29) is 24.6 Å². The van der Waals surface area contributed by atoms with Gasteiger partial charge in [0.25, 0.3) is 0 Å². The van der Waals surface area contributed by atoms with E-state index < -0.39 is 0 Å². The first-order valence-corrected chi connectivity index (χ1v) is 7.56. The molecule has 0 aromatic heterocycles. The first kappa shape index (κ1) is 15.1.